The van der Waals surface area contributed by atoms with Gasteiger partial charge < -0.3 is 19.9 Å². The molecule has 6 nitrogen and oxygen atoms in total. The molecule has 2 bridgehead atoms. The number of carboxylic acid groups (broad SMARTS) is 1. The van der Waals surface area contributed by atoms with E-state index in [2.05, 4.69) is 5.32 Å². The van der Waals surface area contributed by atoms with Gasteiger partial charge >= 0.3 is 5.97 Å². The molecule has 118 valence electrons. The number of benzene rings is 1. The van der Waals surface area contributed by atoms with E-state index in [4.69, 9.17) is 9.47 Å². The van der Waals surface area contributed by atoms with Crippen molar-refractivity contribution in [2.75, 3.05) is 7.11 Å². The number of aliphatic carboxylic acids is 1. The topological polar surface area (TPSA) is 84.9 Å². The number of carboxylic acids is 1. The number of carbonyl (C=O) groups is 2. The zero-order chi connectivity index (χ0) is 15.7. The SMILES string of the molecule is COc1ccc(CNC(=O)[C@H]2[C@@H](C(=O)O)[C@H]3CC[C@H]2O3)cc1. The summed E-state index contributed by atoms with van der Waals surface area (Å²) >= 11 is 0. The van der Waals surface area contributed by atoms with E-state index in [-0.39, 0.29) is 18.1 Å². The van der Waals surface area contributed by atoms with Gasteiger partial charge in [-0.25, -0.2) is 0 Å². The summed E-state index contributed by atoms with van der Waals surface area (Å²) < 4.78 is 10.7. The Kier molecular flexibility index (Phi) is 4.02. The summed E-state index contributed by atoms with van der Waals surface area (Å²) in [6.07, 6.45) is 0.903. The van der Waals surface area contributed by atoms with Crippen molar-refractivity contribution >= 4 is 11.9 Å². The van der Waals surface area contributed by atoms with Gasteiger partial charge in [-0.2, -0.15) is 0 Å². The summed E-state index contributed by atoms with van der Waals surface area (Å²) in [5.41, 5.74) is 0.935. The molecule has 6 heteroatoms. The minimum absolute atomic E-state index is 0.240. The highest BCUT2D eigenvalue weighted by Crippen LogP contribution is 2.43. The van der Waals surface area contributed by atoms with Gasteiger partial charge in [0.2, 0.25) is 5.91 Å². The van der Waals surface area contributed by atoms with Crippen LogP contribution >= 0.6 is 0 Å². The monoisotopic (exact) mass is 305 g/mol. The van der Waals surface area contributed by atoms with Crippen LogP contribution in [0.5, 0.6) is 5.75 Å². The molecule has 22 heavy (non-hydrogen) atoms. The fourth-order valence-electron chi connectivity index (χ4n) is 3.38. The number of rotatable bonds is 5. The van der Waals surface area contributed by atoms with Gasteiger partial charge in [-0.1, -0.05) is 12.1 Å². The van der Waals surface area contributed by atoms with Crippen LogP contribution in [0.1, 0.15) is 18.4 Å². The summed E-state index contributed by atoms with van der Waals surface area (Å²) in [6.45, 7) is 0.364. The number of methoxy groups -OCH3 is 1. The van der Waals surface area contributed by atoms with Gasteiger partial charge in [0, 0.05) is 6.54 Å². The Labute approximate surface area is 128 Å². The normalized spacial score (nSPS) is 29.3. The Morgan fingerprint density at radius 1 is 1.23 bits per heavy atom. The molecule has 0 aliphatic carbocycles. The Hall–Kier alpha value is -2.08. The summed E-state index contributed by atoms with van der Waals surface area (Å²) in [5.74, 6) is -1.75. The molecule has 0 unspecified atom stereocenters. The highest BCUT2D eigenvalue weighted by atomic mass is 16.5. The fraction of sp³-hybridized carbons (Fsp3) is 0.500. The molecule has 2 N–H and O–H groups in total. The van der Waals surface area contributed by atoms with Crippen molar-refractivity contribution in [3.8, 4) is 5.75 Å². The number of ether oxygens (including phenoxy) is 2. The van der Waals surface area contributed by atoms with Gasteiger partial charge in [0.05, 0.1) is 31.2 Å². The van der Waals surface area contributed by atoms with Crippen LogP contribution in [0.4, 0.5) is 0 Å². The lowest BCUT2D eigenvalue weighted by Crippen LogP contribution is -2.43. The van der Waals surface area contributed by atoms with Crippen molar-refractivity contribution < 1.29 is 24.2 Å². The van der Waals surface area contributed by atoms with Gasteiger partial charge in [-0.3, -0.25) is 9.59 Å². The van der Waals surface area contributed by atoms with Crippen LogP contribution in [0.15, 0.2) is 24.3 Å². The number of hydrogen-bond acceptors (Lipinski definition) is 4. The zero-order valence-corrected chi connectivity index (χ0v) is 12.3. The Bertz CT molecular complexity index is 570. The molecule has 0 saturated carbocycles. The second kappa shape index (κ2) is 5.96. The van der Waals surface area contributed by atoms with E-state index in [0.717, 1.165) is 24.2 Å². The van der Waals surface area contributed by atoms with Crippen LogP contribution in [-0.4, -0.2) is 36.3 Å². The van der Waals surface area contributed by atoms with Crippen molar-refractivity contribution in [3.63, 3.8) is 0 Å². The van der Waals surface area contributed by atoms with Crippen molar-refractivity contribution in [3.05, 3.63) is 29.8 Å². The minimum Gasteiger partial charge on any atom is -0.497 e. The van der Waals surface area contributed by atoms with E-state index in [1.165, 1.54) is 0 Å². The first-order valence-electron chi connectivity index (χ1n) is 7.39. The average molecular weight is 305 g/mol. The maximum Gasteiger partial charge on any atom is 0.310 e. The summed E-state index contributed by atoms with van der Waals surface area (Å²) in [6, 6.07) is 7.38. The molecule has 1 aromatic carbocycles. The molecule has 0 aromatic heterocycles. The van der Waals surface area contributed by atoms with Gasteiger partial charge in [-0.15, -0.1) is 0 Å². The second-order valence-corrected chi connectivity index (χ2v) is 5.75. The number of fused-ring (bicyclic) bond motifs is 2. The summed E-state index contributed by atoms with van der Waals surface area (Å²) in [7, 11) is 1.60. The molecule has 1 aromatic rings. The first kappa shape index (κ1) is 14.8. The van der Waals surface area contributed by atoms with E-state index >= 15 is 0 Å². The zero-order valence-electron chi connectivity index (χ0n) is 12.3. The third-order valence-corrected chi connectivity index (χ3v) is 4.49. The smallest absolute Gasteiger partial charge is 0.310 e. The van der Waals surface area contributed by atoms with Crippen molar-refractivity contribution in [2.24, 2.45) is 11.8 Å². The first-order chi connectivity index (χ1) is 10.6. The molecular formula is C16H19NO5. The number of carbonyl (C=O) groups excluding carboxylic acids is 1. The second-order valence-electron chi connectivity index (χ2n) is 5.75. The summed E-state index contributed by atoms with van der Waals surface area (Å²) in [5, 5.41) is 12.1. The third kappa shape index (κ3) is 2.66. The number of hydrogen-bond donors (Lipinski definition) is 2. The lowest BCUT2D eigenvalue weighted by molar-refractivity contribution is -0.147. The highest BCUT2D eigenvalue weighted by molar-refractivity contribution is 5.86. The molecule has 2 heterocycles. The van der Waals surface area contributed by atoms with Crippen LogP contribution in [-0.2, 0) is 20.9 Å². The van der Waals surface area contributed by atoms with E-state index in [1.54, 1.807) is 7.11 Å². The molecule has 4 atom stereocenters. The predicted molar refractivity (Wildman–Crippen MR) is 77.4 cm³/mol. The minimum atomic E-state index is -0.947. The van der Waals surface area contributed by atoms with Crippen LogP contribution < -0.4 is 10.1 Å². The predicted octanol–water partition coefficient (Wildman–Crippen LogP) is 1.19. The van der Waals surface area contributed by atoms with Crippen molar-refractivity contribution in [1.82, 2.24) is 5.32 Å². The van der Waals surface area contributed by atoms with Crippen molar-refractivity contribution in [1.29, 1.82) is 0 Å². The number of amides is 1. The van der Waals surface area contributed by atoms with E-state index in [1.807, 2.05) is 24.3 Å². The Morgan fingerprint density at radius 2 is 1.86 bits per heavy atom. The molecular weight excluding hydrogens is 286 g/mol. The maximum absolute atomic E-state index is 12.4. The molecule has 1 amide bonds. The van der Waals surface area contributed by atoms with Crippen LogP contribution in [0.3, 0.4) is 0 Å². The van der Waals surface area contributed by atoms with Crippen LogP contribution in [0, 0.1) is 11.8 Å². The van der Waals surface area contributed by atoms with Gasteiger partial charge in [0.25, 0.3) is 0 Å². The molecule has 0 spiro atoms. The fourth-order valence-corrected chi connectivity index (χ4v) is 3.38. The molecule has 2 saturated heterocycles. The Balaban J connectivity index is 1.62. The molecule has 2 aliphatic heterocycles. The van der Waals surface area contributed by atoms with Gasteiger partial charge in [0.15, 0.2) is 0 Å². The quantitative estimate of drug-likeness (QED) is 0.853. The largest absolute Gasteiger partial charge is 0.497 e. The molecule has 3 rings (SSSR count). The average Bonchev–Trinajstić information content (AvgIpc) is 3.14. The van der Waals surface area contributed by atoms with Gasteiger partial charge in [0.1, 0.15) is 5.75 Å². The lowest BCUT2D eigenvalue weighted by Gasteiger charge is -2.23. The third-order valence-electron chi connectivity index (χ3n) is 4.49. The van der Waals surface area contributed by atoms with Crippen LogP contribution in [0.25, 0.3) is 0 Å². The molecule has 0 radical (unpaired) electrons. The van der Waals surface area contributed by atoms with Crippen LogP contribution in [0.2, 0.25) is 0 Å². The first-order valence-corrected chi connectivity index (χ1v) is 7.39. The summed E-state index contributed by atoms with van der Waals surface area (Å²) in [4.78, 5) is 23.7. The van der Waals surface area contributed by atoms with E-state index in [9.17, 15) is 14.7 Å². The maximum atomic E-state index is 12.4. The van der Waals surface area contributed by atoms with E-state index in [0.29, 0.717) is 6.54 Å². The molecule has 2 fully saturated rings. The molecule has 2 aliphatic rings. The lowest BCUT2D eigenvalue weighted by atomic mass is 9.78. The Morgan fingerprint density at radius 3 is 2.45 bits per heavy atom. The highest BCUT2D eigenvalue weighted by Gasteiger charge is 2.55. The standard InChI is InChI=1S/C16H19NO5/c1-21-10-4-2-9(3-5-10)8-17-15(18)13-11-6-7-12(22-11)14(13)16(19)20/h2-5,11-14H,6-8H2,1H3,(H,17,18)(H,19,20)/t11-,12-,13-,14+/m1/s1. The number of nitrogens with one attached hydrogen (secondary N) is 1. The van der Waals surface area contributed by atoms with E-state index < -0.39 is 17.8 Å². The van der Waals surface area contributed by atoms with Crippen molar-refractivity contribution in [2.45, 2.75) is 31.6 Å². The van der Waals surface area contributed by atoms with Gasteiger partial charge in [-0.05, 0) is 30.5 Å².